The summed E-state index contributed by atoms with van der Waals surface area (Å²) in [7, 11) is 0. The average molecular weight is 442 g/mol. The average Bonchev–Trinajstić information content (AvgIpc) is 2.81. The molecular formula is C24H28ClN3O3. The van der Waals surface area contributed by atoms with Gasteiger partial charge in [0.1, 0.15) is 12.4 Å². The fraction of sp³-hybridized carbons (Fsp3) is 0.417. The molecule has 2 aliphatic rings. The van der Waals surface area contributed by atoms with Gasteiger partial charge in [-0.2, -0.15) is 0 Å². The summed E-state index contributed by atoms with van der Waals surface area (Å²) in [4.78, 5) is 29.2. The molecule has 1 fully saturated rings. The van der Waals surface area contributed by atoms with Gasteiger partial charge in [0.05, 0.1) is 12.2 Å². The Morgan fingerprint density at radius 1 is 1.06 bits per heavy atom. The number of nitrogens with zero attached hydrogens (tertiary/aromatic N) is 2. The highest BCUT2D eigenvalue weighted by molar-refractivity contribution is 6.31. The van der Waals surface area contributed by atoms with E-state index >= 15 is 0 Å². The number of amides is 3. The van der Waals surface area contributed by atoms with Crippen LogP contribution < -0.4 is 15.0 Å². The van der Waals surface area contributed by atoms with Crippen molar-refractivity contribution in [2.24, 2.45) is 5.92 Å². The van der Waals surface area contributed by atoms with Gasteiger partial charge in [-0.15, -0.1) is 0 Å². The van der Waals surface area contributed by atoms with E-state index in [9.17, 15) is 9.59 Å². The second-order valence-corrected chi connectivity index (χ2v) is 8.47. The lowest BCUT2D eigenvalue weighted by Crippen LogP contribution is -2.50. The molecule has 1 N–H and O–H groups in total. The van der Waals surface area contributed by atoms with Crippen LogP contribution in [-0.2, 0) is 11.2 Å². The summed E-state index contributed by atoms with van der Waals surface area (Å²) in [6.45, 7) is 2.79. The molecule has 1 saturated heterocycles. The number of carbonyl (C=O) groups is 2. The Morgan fingerprint density at radius 3 is 2.61 bits per heavy atom. The molecule has 0 aliphatic carbocycles. The predicted octanol–water partition coefficient (Wildman–Crippen LogP) is 4.12. The minimum Gasteiger partial charge on any atom is -0.490 e. The molecule has 2 aromatic rings. The van der Waals surface area contributed by atoms with Gasteiger partial charge in [0.25, 0.3) is 0 Å². The number of rotatable bonds is 5. The number of hydrogen-bond acceptors (Lipinski definition) is 3. The largest absolute Gasteiger partial charge is 0.490 e. The normalized spacial score (nSPS) is 16.4. The van der Waals surface area contributed by atoms with E-state index in [1.807, 2.05) is 23.1 Å². The number of fused-ring (bicyclic) bond motifs is 1. The Morgan fingerprint density at radius 2 is 1.84 bits per heavy atom. The molecule has 0 spiro atoms. The first-order valence-electron chi connectivity index (χ1n) is 10.9. The molecule has 6 nitrogen and oxygen atoms in total. The van der Waals surface area contributed by atoms with Gasteiger partial charge in [0, 0.05) is 30.6 Å². The molecule has 2 aromatic carbocycles. The van der Waals surface area contributed by atoms with Crippen molar-refractivity contribution in [3.8, 4) is 5.75 Å². The van der Waals surface area contributed by atoms with Gasteiger partial charge < -0.3 is 15.0 Å². The third-order valence-corrected chi connectivity index (χ3v) is 6.17. The Balaban J connectivity index is 1.24. The van der Waals surface area contributed by atoms with E-state index in [4.69, 9.17) is 16.3 Å². The Labute approximate surface area is 188 Å². The van der Waals surface area contributed by atoms with Crippen LogP contribution in [0, 0.1) is 5.92 Å². The number of likely N-dealkylation sites (tertiary alicyclic amines) is 1. The minimum absolute atomic E-state index is 0.0350. The van der Waals surface area contributed by atoms with E-state index < -0.39 is 0 Å². The lowest BCUT2D eigenvalue weighted by Gasteiger charge is -2.37. The van der Waals surface area contributed by atoms with Crippen molar-refractivity contribution in [2.75, 3.05) is 37.7 Å². The number of carbonyl (C=O) groups excluding carboxylic acids is 2. The minimum atomic E-state index is -0.0477. The number of nitrogens with one attached hydrogen (secondary N) is 1. The summed E-state index contributed by atoms with van der Waals surface area (Å²) in [6, 6.07) is 15.6. The molecule has 7 heteroatoms. The lowest BCUT2D eigenvalue weighted by molar-refractivity contribution is -0.126. The van der Waals surface area contributed by atoms with Crippen molar-refractivity contribution >= 4 is 29.2 Å². The first-order valence-corrected chi connectivity index (χ1v) is 11.3. The summed E-state index contributed by atoms with van der Waals surface area (Å²) >= 11 is 6.12. The number of halogens is 1. The van der Waals surface area contributed by atoms with E-state index in [1.165, 1.54) is 5.56 Å². The molecule has 3 amide bonds. The quantitative estimate of drug-likeness (QED) is 0.710. The van der Waals surface area contributed by atoms with Crippen LogP contribution in [0.2, 0.25) is 5.02 Å². The zero-order valence-corrected chi connectivity index (χ0v) is 18.3. The molecule has 0 unspecified atom stereocenters. The third-order valence-electron chi connectivity index (χ3n) is 5.94. The van der Waals surface area contributed by atoms with E-state index in [-0.39, 0.29) is 17.9 Å². The van der Waals surface area contributed by atoms with Crippen LogP contribution in [0.3, 0.4) is 0 Å². The number of hydrogen-bond donors (Lipinski definition) is 1. The molecular weight excluding hydrogens is 414 g/mol. The highest BCUT2D eigenvalue weighted by atomic mass is 35.5. The van der Waals surface area contributed by atoms with Crippen LogP contribution in [0.4, 0.5) is 10.5 Å². The molecule has 0 saturated carbocycles. The zero-order valence-electron chi connectivity index (χ0n) is 17.6. The molecule has 0 aromatic heterocycles. The Hall–Kier alpha value is -2.73. The van der Waals surface area contributed by atoms with Crippen LogP contribution in [0.15, 0.2) is 48.5 Å². The molecule has 2 heterocycles. The Bertz CT molecular complexity index is 914. The van der Waals surface area contributed by atoms with Crippen molar-refractivity contribution in [2.45, 2.75) is 25.7 Å². The van der Waals surface area contributed by atoms with E-state index in [0.717, 1.165) is 12.8 Å². The van der Waals surface area contributed by atoms with Crippen molar-refractivity contribution in [1.82, 2.24) is 10.2 Å². The second kappa shape index (κ2) is 10.1. The number of anilines is 1. The van der Waals surface area contributed by atoms with E-state index in [0.29, 0.717) is 62.1 Å². The lowest BCUT2D eigenvalue weighted by atomic mass is 9.96. The van der Waals surface area contributed by atoms with Gasteiger partial charge in [0.2, 0.25) is 5.91 Å². The second-order valence-electron chi connectivity index (χ2n) is 8.04. The Kier molecular flexibility index (Phi) is 6.97. The maximum absolute atomic E-state index is 13.1. The standard InChI is InChI=1S/C24H28ClN3O3/c25-20-8-9-22-21(17-20)28(15-16-31-22)24(30)27-13-10-19(11-14-27)23(29)26-12-4-7-18-5-2-1-3-6-18/h1-3,5-6,8-9,17,19H,4,7,10-16H2,(H,26,29). The van der Waals surface area contributed by atoms with Crippen molar-refractivity contribution in [1.29, 1.82) is 0 Å². The van der Waals surface area contributed by atoms with Crippen LogP contribution in [0.5, 0.6) is 5.75 Å². The van der Waals surface area contributed by atoms with Gasteiger partial charge >= 0.3 is 6.03 Å². The van der Waals surface area contributed by atoms with Crippen molar-refractivity contribution < 1.29 is 14.3 Å². The summed E-state index contributed by atoms with van der Waals surface area (Å²) < 4.78 is 5.65. The first kappa shape index (κ1) is 21.5. The van der Waals surface area contributed by atoms with Crippen LogP contribution in [0.25, 0.3) is 0 Å². The monoisotopic (exact) mass is 441 g/mol. The number of benzene rings is 2. The van der Waals surface area contributed by atoms with Gasteiger partial charge in [-0.1, -0.05) is 41.9 Å². The van der Waals surface area contributed by atoms with E-state index in [1.54, 1.807) is 23.1 Å². The number of aryl methyl sites for hydroxylation is 1. The van der Waals surface area contributed by atoms with Crippen molar-refractivity contribution in [3.63, 3.8) is 0 Å². The number of piperidine rings is 1. The fourth-order valence-electron chi connectivity index (χ4n) is 4.19. The molecule has 2 aliphatic heterocycles. The van der Waals surface area contributed by atoms with Gasteiger partial charge in [-0.3, -0.25) is 9.69 Å². The summed E-state index contributed by atoms with van der Waals surface area (Å²) in [5, 5.41) is 3.64. The first-order chi connectivity index (χ1) is 15.1. The van der Waals surface area contributed by atoms with E-state index in [2.05, 4.69) is 17.4 Å². The third kappa shape index (κ3) is 5.31. The fourth-order valence-corrected chi connectivity index (χ4v) is 4.35. The molecule has 0 radical (unpaired) electrons. The highest BCUT2D eigenvalue weighted by Crippen LogP contribution is 2.35. The van der Waals surface area contributed by atoms with Crippen LogP contribution in [-0.4, -0.2) is 49.6 Å². The molecule has 31 heavy (non-hydrogen) atoms. The number of ether oxygens (including phenoxy) is 1. The SMILES string of the molecule is O=C(NCCCc1ccccc1)C1CCN(C(=O)N2CCOc3ccc(Cl)cc32)CC1. The van der Waals surface area contributed by atoms with Crippen LogP contribution >= 0.6 is 11.6 Å². The highest BCUT2D eigenvalue weighted by Gasteiger charge is 2.32. The molecule has 0 bridgehead atoms. The maximum Gasteiger partial charge on any atom is 0.324 e. The summed E-state index contributed by atoms with van der Waals surface area (Å²) in [5.74, 6) is 0.740. The molecule has 164 valence electrons. The summed E-state index contributed by atoms with van der Waals surface area (Å²) in [5.41, 5.74) is 2.00. The topological polar surface area (TPSA) is 61.9 Å². The molecule has 0 atom stereocenters. The molecule has 4 rings (SSSR count). The van der Waals surface area contributed by atoms with Gasteiger partial charge in [0.15, 0.2) is 0 Å². The van der Waals surface area contributed by atoms with Gasteiger partial charge in [-0.25, -0.2) is 4.79 Å². The summed E-state index contributed by atoms with van der Waals surface area (Å²) in [6.07, 6.45) is 3.25. The smallest absolute Gasteiger partial charge is 0.324 e. The predicted molar refractivity (Wildman–Crippen MR) is 122 cm³/mol. The maximum atomic E-state index is 13.1. The van der Waals surface area contributed by atoms with Gasteiger partial charge in [-0.05, 0) is 49.4 Å². The number of urea groups is 1. The zero-order chi connectivity index (χ0) is 21.6. The van der Waals surface area contributed by atoms with Crippen molar-refractivity contribution in [3.05, 3.63) is 59.1 Å². The van der Waals surface area contributed by atoms with Crippen LogP contribution in [0.1, 0.15) is 24.8 Å².